The molecule has 2 saturated heterocycles. The van der Waals surface area contributed by atoms with Crippen LogP contribution in [0.1, 0.15) is 25.7 Å². The summed E-state index contributed by atoms with van der Waals surface area (Å²) >= 11 is 3.33. The average molecular weight is 356 g/mol. The zero-order valence-electron chi connectivity index (χ0n) is 11.1. The Hall–Kier alpha value is 0.310. The Bertz CT molecular complexity index is 362. The number of hydrogen-bond acceptors (Lipinski definition) is 4. The lowest BCUT2D eigenvalue weighted by atomic mass is 10.1. The van der Waals surface area contributed by atoms with Crippen molar-refractivity contribution in [3.05, 3.63) is 0 Å². The summed E-state index contributed by atoms with van der Waals surface area (Å²) in [5, 5.41) is 0.578. The van der Waals surface area contributed by atoms with Crippen LogP contribution < -0.4 is 0 Å². The Morgan fingerprint density at radius 2 is 1.79 bits per heavy atom. The molecule has 0 aromatic heterocycles. The number of alkyl halides is 1. The molecule has 2 rings (SSSR count). The second-order valence-corrected chi connectivity index (χ2v) is 8.02. The van der Waals surface area contributed by atoms with Gasteiger partial charge in [-0.2, -0.15) is 0 Å². The van der Waals surface area contributed by atoms with Gasteiger partial charge in [0.1, 0.15) is 0 Å². The summed E-state index contributed by atoms with van der Waals surface area (Å²) in [5.41, 5.74) is 0. The average Bonchev–Trinajstić information content (AvgIpc) is 2.46. The van der Waals surface area contributed by atoms with Crippen LogP contribution in [0, 0.1) is 0 Å². The summed E-state index contributed by atoms with van der Waals surface area (Å²) < 4.78 is 37.5. The third-order valence-corrected chi connectivity index (χ3v) is 6.50. The van der Waals surface area contributed by atoms with Gasteiger partial charge in [0.25, 0.3) is 0 Å². The first-order chi connectivity index (χ1) is 9.14. The molecule has 0 N–H and O–H groups in total. The summed E-state index contributed by atoms with van der Waals surface area (Å²) in [5.74, 6) is 0. The first-order valence-electron chi connectivity index (χ1n) is 6.89. The molecule has 0 spiro atoms. The van der Waals surface area contributed by atoms with Crippen molar-refractivity contribution in [1.29, 1.82) is 0 Å². The van der Waals surface area contributed by atoms with Crippen molar-refractivity contribution in [3.63, 3.8) is 0 Å². The van der Waals surface area contributed by atoms with Crippen LogP contribution in [-0.4, -0.2) is 62.3 Å². The predicted molar refractivity (Wildman–Crippen MR) is 77.1 cm³/mol. The van der Waals surface area contributed by atoms with Gasteiger partial charge >= 0.3 is 0 Å². The predicted octanol–water partition coefficient (Wildman–Crippen LogP) is 1.37. The molecule has 19 heavy (non-hydrogen) atoms. The second-order valence-electron chi connectivity index (χ2n) is 5.01. The van der Waals surface area contributed by atoms with Gasteiger partial charge in [0.2, 0.25) is 10.0 Å². The molecule has 0 amide bonds. The molecule has 112 valence electrons. The fourth-order valence-electron chi connectivity index (χ4n) is 2.65. The Kier molecular flexibility index (Phi) is 6.08. The van der Waals surface area contributed by atoms with Crippen LogP contribution in [0.15, 0.2) is 0 Å². The highest BCUT2D eigenvalue weighted by atomic mass is 79.9. The van der Waals surface area contributed by atoms with Crippen molar-refractivity contribution < 1.29 is 17.9 Å². The van der Waals surface area contributed by atoms with Crippen LogP contribution in [0.4, 0.5) is 0 Å². The Balaban J connectivity index is 1.85. The maximum Gasteiger partial charge on any atom is 0.217 e. The molecule has 2 heterocycles. The van der Waals surface area contributed by atoms with Crippen molar-refractivity contribution >= 4 is 26.0 Å². The molecule has 0 atom stereocenters. The summed E-state index contributed by atoms with van der Waals surface area (Å²) in [4.78, 5) is 0. The number of rotatable bonds is 5. The highest BCUT2D eigenvalue weighted by Gasteiger charge is 2.35. The molecule has 5 nitrogen and oxygen atoms in total. The summed E-state index contributed by atoms with van der Waals surface area (Å²) in [6.45, 7) is 3.00. The molecule has 0 unspecified atom stereocenters. The van der Waals surface area contributed by atoms with Gasteiger partial charge in [0.15, 0.2) is 0 Å². The highest BCUT2D eigenvalue weighted by molar-refractivity contribution is 9.09. The number of sulfonamides is 1. The molecule has 0 bridgehead atoms. The van der Waals surface area contributed by atoms with Crippen LogP contribution in [0.3, 0.4) is 0 Å². The quantitative estimate of drug-likeness (QED) is 0.699. The van der Waals surface area contributed by atoms with E-state index < -0.39 is 10.0 Å². The van der Waals surface area contributed by atoms with E-state index in [0.717, 1.165) is 18.2 Å². The maximum atomic E-state index is 12.5. The molecule has 7 heteroatoms. The molecule has 2 aliphatic rings. The van der Waals surface area contributed by atoms with Crippen LogP contribution in [0.5, 0.6) is 0 Å². The van der Waals surface area contributed by atoms with Gasteiger partial charge in [-0.05, 0) is 25.7 Å². The lowest BCUT2D eigenvalue weighted by Gasteiger charge is -2.34. The lowest BCUT2D eigenvalue weighted by Crippen LogP contribution is -2.46. The van der Waals surface area contributed by atoms with E-state index in [2.05, 4.69) is 15.9 Å². The summed E-state index contributed by atoms with van der Waals surface area (Å²) in [6.07, 6.45) is 3.06. The lowest BCUT2D eigenvalue weighted by molar-refractivity contribution is 0.0302. The molecule has 0 aromatic rings. The van der Waals surface area contributed by atoms with E-state index in [0.29, 0.717) is 45.8 Å². The summed E-state index contributed by atoms with van der Waals surface area (Å²) in [6, 6.07) is 0. The minimum absolute atomic E-state index is 0.207. The Morgan fingerprint density at radius 3 is 2.37 bits per heavy atom. The van der Waals surface area contributed by atoms with Gasteiger partial charge < -0.3 is 9.47 Å². The number of piperidine rings is 1. The fourth-order valence-corrected chi connectivity index (χ4v) is 4.77. The van der Waals surface area contributed by atoms with E-state index >= 15 is 0 Å². The van der Waals surface area contributed by atoms with Crippen molar-refractivity contribution in [3.8, 4) is 0 Å². The van der Waals surface area contributed by atoms with Crippen molar-refractivity contribution in [2.24, 2.45) is 0 Å². The molecule has 0 aliphatic carbocycles. The fraction of sp³-hybridized carbons (Fsp3) is 1.00. The van der Waals surface area contributed by atoms with Crippen molar-refractivity contribution in [2.45, 2.75) is 37.0 Å². The molecule has 2 fully saturated rings. The van der Waals surface area contributed by atoms with Crippen LogP contribution in [0.2, 0.25) is 0 Å². The third kappa shape index (κ3) is 4.14. The highest BCUT2D eigenvalue weighted by Crippen LogP contribution is 2.24. The van der Waals surface area contributed by atoms with Crippen LogP contribution in [0.25, 0.3) is 0 Å². The van der Waals surface area contributed by atoms with E-state index in [1.807, 2.05) is 0 Å². The largest absolute Gasteiger partial charge is 0.381 e. The standard InChI is InChI=1S/C12H22BrNO4S/c13-5-10-18-11-1-6-14(7-2-11)19(15,16)12-3-8-17-9-4-12/h11-12H,1-10H2. The van der Waals surface area contributed by atoms with E-state index in [4.69, 9.17) is 9.47 Å². The monoisotopic (exact) mass is 355 g/mol. The topological polar surface area (TPSA) is 55.8 Å². The maximum absolute atomic E-state index is 12.5. The zero-order valence-corrected chi connectivity index (χ0v) is 13.5. The summed E-state index contributed by atoms with van der Waals surface area (Å²) in [7, 11) is -3.14. The van der Waals surface area contributed by atoms with E-state index in [9.17, 15) is 8.42 Å². The number of hydrogen-bond donors (Lipinski definition) is 0. The normalized spacial score (nSPS) is 24.7. The zero-order chi connectivity index (χ0) is 13.7. The van der Waals surface area contributed by atoms with Gasteiger partial charge in [-0.3, -0.25) is 0 Å². The van der Waals surface area contributed by atoms with Crippen molar-refractivity contribution in [1.82, 2.24) is 4.31 Å². The minimum atomic E-state index is -3.14. The van der Waals surface area contributed by atoms with Crippen LogP contribution >= 0.6 is 15.9 Å². The van der Waals surface area contributed by atoms with Crippen LogP contribution in [-0.2, 0) is 19.5 Å². The van der Waals surface area contributed by atoms with Crippen molar-refractivity contribution in [2.75, 3.05) is 38.2 Å². The molecule has 2 aliphatic heterocycles. The van der Waals surface area contributed by atoms with Gasteiger partial charge in [-0.25, -0.2) is 12.7 Å². The van der Waals surface area contributed by atoms with Gasteiger partial charge in [-0.1, -0.05) is 15.9 Å². The van der Waals surface area contributed by atoms with E-state index in [1.165, 1.54) is 0 Å². The molecular formula is C12H22BrNO4S. The van der Waals surface area contributed by atoms with E-state index in [-0.39, 0.29) is 11.4 Å². The van der Waals surface area contributed by atoms with Gasteiger partial charge in [0, 0.05) is 31.6 Å². The third-order valence-electron chi connectivity index (χ3n) is 3.78. The Labute approximate surface area is 123 Å². The SMILES string of the molecule is O=S(=O)(C1CCOCC1)N1CCC(OCCBr)CC1. The molecular weight excluding hydrogens is 334 g/mol. The second kappa shape index (κ2) is 7.36. The molecule has 0 aromatic carbocycles. The molecule has 0 saturated carbocycles. The molecule has 0 radical (unpaired) electrons. The number of ether oxygens (including phenoxy) is 2. The minimum Gasteiger partial charge on any atom is -0.381 e. The van der Waals surface area contributed by atoms with Gasteiger partial charge in [-0.15, -0.1) is 0 Å². The van der Waals surface area contributed by atoms with Gasteiger partial charge in [0.05, 0.1) is 18.0 Å². The smallest absolute Gasteiger partial charge is 0.217 e. The number of halogens is 1. The Morgan fingerprint density at radius 1 is 1.16 bits per heavy atom. The first-order valence-corrected chi connectivity index (χ1v) is 9.51. The first kappa shape index (κ1) is 15.7. The number of nitrogens with zero attached hydrogens (tertiary/aromatic N) is 1. The van der Waals surface area contributed by atoms with E-state index in [1.54, 1.807) is 4.31 Å².